The smallest absolute Gasteiger partial charge is 0.254 e. The van der Waals surface area contributed by atoms with Crippen molar-refractivity contribution in [3.05, 3.63) is 42.4 Å². The number of nitrogens with zero attached hydrogens (tertiary/aromatic N) is 5. The molecule has 0 radical (unpaired) electrons. The topological polar surface area (TPSA) is 58.4 Å². The molecule has 0 atom stereocenters. The first-order valence-corrected chi connectivity index (χ1v) is 7.88. The summed E-state index contributed by atoms with van der Waals surface area (Å²) in [7, 11) is 2.10. The fourth-order valence-corrected chi connectivity index (χ4v) is 2.38. The molecule has 0 aliphatic heterocycles. The Morgan fingerprint density at radius 1 is 1.26 bits per heavy atom. The Labute approximate surface area is 136 Å². The summed E-state index contributed by atoms with van der Waals surface area (Å²) in [6.45, 7) is 6.43. The van der Waals surface area contributed by atoms with E-state index in [0.29, 0.717) is 11.8 Å². The van der Waals surface area contributed by atoms with Crippen LogP contribution in [0.2, 0.25) is 0 Å². The molecule has 120 valence electrons. The van der Waals surface area contributed by atoms with Gasteiger partial charge < -0.3 is 10.2 Å². The van der Waals surface area contributed by atoms with Gasteiger partial charge in [-0.25, -0.2) is 4.98 Å². The lowest BCUT2D eigenvalue weighted by Crippen LogP contribution is -2.25. The lowest BCUT2D eigenvalue weighted by molar-refractivity contribution is 0.755. The fraction of sp³-hybridized carbons (Fsp3) is 0.353. The number of aromatic nitrogens is 4. The summed E-state index contributed by atoms with van der Waals surface area (Å²) in [6, 6.07) is 10.8. The van der Waals surface area contributed by atoms with E-state index < -0.39 is 0 Å². The molecule has 1 N–H and O–H groups in total. The van der Waals surface area contributed by atoms with E-state index in [1.165, 1.54) is 12.0 Å². The van der Waals surface area contributed by atoms with Crippen molar-refractivity contribution in [1.29, 1.82) is 0 Å². The standard InChI is InChI=1S/C17H22N6/c1-5-13-10-16(23-17(21-13)18-11-19-23)20-14-7-6-8-15(9-14)22(4)12(2)3/h6-12,20H,5H2,1-4H3. The maximum Gasteiger partial charge on any atom is 0.254 e. The van der Waals surface area contributed by atoms with Crippen molar-refractivity contribution in [2.75, 3.05) is 17.3 Å². The van der Waals surface area contributed by atoms with Gasteiger partial charge in [0.2, 0.25) is 0 Å². The molecule has 1 aromatic carbocycles. The highest BCUT2D eigenvalue weighted by Crippen LogP contribution is 2.23. The second kappa shape index (κ2) is 6.24. The van der Waals surface area contributed by atoms with Crippen molar-refractivity contribution >= 4 is 23.0 Å². The maximum absolute atomic E-state index is 4.47. The zero-order chi connectivity index (χ0) is 16.4. The summed E-state index contributed by atoms with van der Waals surface area (Å²) in [5.74, 6) is 1.48. The van der Waals surface area contributed by atoms with Crippen LogP contribution >= 0.6 is 0 Å². The van der Waals surface area contributed by atoms with Gasteiger partial charge in [-0.15, -0.1) is 0 Å². The average Bonchev–Trinajstić information content (AvgIpc) is 3.03. The number of aryl methyl sites for hydroxylation is 1. The van der Waals surface area contributed by atoms with Crippen LogP contribution in [0.25, 0.3) is 5.78 Å². The molecule has 3 aromatic rings. The Kier molecular flexibility index (Phi) is 4.14. The van der Waals surface area contributed by atoms with Crippen LogP contribution in [0.5, 0.6) is 0 Å². The van der Waals surface area contributed by atoms with Gasteiger partial charge in [-0.05, 0) is 38.5 Å². The number of nitrogens with one attached hydrogen (secondary N) is 1. The highest BCUT2D eigenvalue weighted by atomic mass is 15.4. The minimum absolute atomic E-state index is 0.444. The molecular weight excluding hydrogens is 288 g/mol. The third-order valence-corrected chi connectivity index (χ3v) is 3.97. The van der Waals surface area contributed by atoms with E-state index in [0.717, 1.165) is 23.6 Å². The fourth-order valence-electron chi connectivity index (χ4n) is 2.38. The number of anilines is 3. The summed E-state index contributed by atoms with van der Waals surface area (Å²) >= 11 is 0. The molecule has 0 aliphatic rings. The summed E-state index contributed by atoms with van der Waals surface area (Å²) < 4.78 is 1.72. The van der Waals surface area contributed by atoms with Crippen LogP contribution in [-0.2, 0) is 6.42 Å². The second-order valence-electron chi connectivity index (χ2n) is 5.84. The molecule has 0 bridgehead atoms. The molecule has 0 aliphatic carbocycles. The van der Waals surface area contributed by atoms with Crippen LogP contribution in [0.1, 0.15) is 26.5 Å². The van der Waals surface area contributed by atoms with Crippen molar-refractivity contribution in [2.45, 2.75) is 33.2 Å². The predicted molar refractivity (Wildman–Crippen MR) is 93.4 cm³/mol. The van der Waals surface area contributed by atoms with E-state index in [1.54, 1.807) is 4.52 Å². The molecule has 0 saturated carbocycles. The maximum atomic E-state index is 4.47. The van der Waals surface area contributed by atoms with Crippen molar-refractivity contribution in [2.24, 2.45) is 0 Å². The van der Waals surface area contributed by atoms with E-state index >= 15 is 0 Å². The Morgan fingerprint density at radius 3 is 2.83 bits per heavy atom. The molecule has 3 rings (SSSR count). The Bertz CT molecular complexity index is 808. The van der Waals surface area contributed by atoms with Crippen molar-refractivity contribution in [1.82, 2.24) is 19.6 Å². The number of hydrogen-bond donors (Lipinski definition) is 1. The van der Waals surface area contributed by atoms with Crippen LogP contribution in [0, 0.1) is 0 Å². The number of benzene rings is 1. The molecule has 0 spiro atoms. The zero-order valence-corrected chi connectivity index (χ0v) is 14.0. The SMILES string of the molecule is CCc1cc(Nc2cccc(N(C)C(C)C)c2)n2ncnc2n1. The Balaban J connectivity index is 1.96. The van der Waals surface area contributed by atoms with Gasteiger partial charge in [0.25, 0.3) is 5.78 Å². The van der Waals surface area contributed by atoms with E-state index in [4.69, 9.17) is 0 Å². The van der Waals surface area contributed by atoms with Gasteiger partial charge in [-0.2, -0.15) is 14.6 Å². The zero-order valence-electron chi connectivity index (χ0n) is 14.0. The third-order valence-electron chi connectivity index (χ3n) is 3.97. The first-order valence-electron chi connectivity index (χ1n) is 7.88. The molecule has 23 heavy (non-hydrogen) atoms. The lowest BCUT2D eigenvalue weighted by atomic mass is 10.2. The van der Waals surface area contributed by atoms with Gasteiger partial charge in [0, 0.05) is 36.2 Å². The van der Waals surface area contributed by atoms with Crippen LogP contribution < -0.4 is 10.2 Å². The third kappa shape index (κ3) is 3.11. The predicted octanol–water partition coefficient (Wildman–Crippen LogP) is 3.27. The van der Waals surface area contributed by atoms with Crippen LogP contribution in [0.3, 0.4) is 0 Å². The Hall–Kier alpha value is -2.63. The highest BCUT2D eigenvalue weighted by molar-refractivity contribution is 5.64. The molecule has 2 aromatic heterocycles. The van der Waals surface area contributed by atoms with Gasteiger partial charge in [-0.1, -0.05) is 13.0 Å². The summed E-state index contributed by atoms with van der Waals surface area (Å²) in [4.78, 5) is 10.9. The van der Waals surface area contributed by atoms with Crippen molar-refractivity contribution < 1.29 is 0 Å². The Morgan fingerprint density at radius 2 is 2.09 bits per heavy atom. The van der Waals surface area contributed by atoms with Crippen LogP contribution in [-0.4, -0.2) is 32.7 Å². The molecule has 0 amide bonds. The lowest BCUT2D eigenvalue weighted by Gasteiger charge is -2.24. The molecule has 0 fully saturated rings. The molecule has 0 saturated heterocycles. The van der Waals surface area contributed by atoms with Gasteiger partial charge in [-0.3, -0.25) is 0 Å². The largest absolute Gasteiger partial charge is 0.372 e. The van der Waals surface area contributed by atoms with E-state index in [-0.39, 0.29) is 0 Å². The van der Waals surface area contributed by atoms with Crippen LogP contribution in [0.4, 0.5) is 17.2 Å². The second-order valence-corrected chi connectivity index (χ2v) is 5.84. The number of fused-ring (bicyclic) bond motifs is 1. The molecular formula is C17H22N6. The number of hydrogen-bond acceptors (Lipinski definition) is 5. The summed E-state index contributed by atoms with van der Waals surface area (Å²) in [5, 5.41) is 7.68. The normalized spacial score (nSPS) is 11.2. The van der Waals surface area contributed by atoms with E-state index in [2.05, 4.69) is 71.3 Å². The van der Waals surface area contributed by atoms with Gasteiger partial charge in [0.05, 0.1) is 0 Å². The van der Waals surface area contributed by atoms with Crippen molar-refractivity contribution in [3.63, 3.8) is 0 Å². The summed E-state index contributed by atoms with van der Waals surface area (Å²) in [6.07, 6.45) is 2.38. The van der Waals surface area contributed by atoms with Gasteiger partial charge in [0.1, 0.15) is 12.1 Å². The molecule has 2 heterocycles. The summed E-state index contributed by atoms with van der Waals surface area (Å²) in [5.41, 5.74) is 3.17. The highest BCUT2D eigenvalue weighted by Gasteiger charge is 2.09. The van der Waals surface area contributed by atoms with E-state index in [1.807, 2.05) is 12.1 Å². The average molecular weight is 310 g/mol. The number of rotatable bonds is 5. The van der Waals surface area contributed by atoms with Gasteiger partial charge >= 0.3 is 0 Å². The monoisotopic (exact) mass is 310 g/mol. The quantitative estimate of drug-likeness (QED) is 0.784. The first kappa shape index (κ1) is 15.3. The minimum atomic E-state index is 0.444. The van der Waals surface area contributed by atoms with E-state index in [9.17, 15) is 0 Å². The van der Waals surface area contributed by atoms with Crippen LogP contribution in [0.15, 0.2) is 36.7 Å². The van der Waals surface area contributed by atoms with Crippen molar-refractivity contribution in [3.8, 4) is 0 Å². The minimum Gasteiger partial charge on any atom is -0.372 e. The first-order chi connectivity index (χ1) is 11.1. The molecule has 0 unspecified atom stereocenters. The molecule has 6 heteroatoms. The van der Waals surface area contributed by atoms with Gasteiger partial charge in [0.15, 0.2) is 0 Å². The molecule has 6 nitrogen and oxygen atoms in total.